The summed E-state index contributed by atoms with van der Waals surface area (Å²) in [5.74, 6) is -2.84. The number of amides is 1. The Hall–Kier alpha value is -2.43. The molecule has 7 nitrogen and oxygen atoms in total. The van der Waals surface area contributed by atoms with Crippen molar-refractivity contribution in [2.24, 2.45) is 0 Å². The molecule has 2 N–H and O–H groups in total. The first-order valence-corrected chi connectivity index (χ1v) is 9.77. The van der Waals surface area contributed by atoms with Crippen molar-refractivity contribution >= 4 is 35.1 Å². The van der Waals surface area contributed by atoms with Crippen LogP contribution >= 0.6 is 23.2 Å². The van der Waals surface area contributed by atoms with E-state index in [1.165, 1.54) is 6.33 Å². The minimum atomic E-state index is -5.08. The Balaban J connectivity index is 0.000000423. The maximum Gasteiger partial charge on any atom is 0.490 e. The van der Waals surface area contributed by atoms with E-state index in [4.69, 9.17) is 33.1 Å². The molecule has 0 aliphatic carbocycles. The first-order chi connectivity index (χ1) is 14.4. The van der Waals surface area contributed by atoms with E-state index in [1.807, 2.05) is 11.0 Å². The molecule has 2 atom stereocenters. The molecule has 168 valence electrons. The van der Waals surface area contributed by atoms with Gasteiger partial charge in [0.05, 0.1) is 15.7 Å². The molecule has 0 unspecified atom stereocenters. The Bertz CT molecular complexity index is 949. The normalized spacial score (nSPS) is 18.7. The predicted molar refractivity (Wildman–Crippen MR) is 109 cm³/mol. The van der Waals surface area contributed by atoms with Crippen LogP contribution in [0.5, 0.6) is 0 Å². The fourth-order valence-electron chi connectivity index (χ4n) is 2.94. The number of aliphatic carboxylic acids is 1. The Morgan fingerprint density at radius 1 is 1.10 bits per heavy atom. The fraction of sp³-hybridized carbons (Fsp3) is 0.368. The molecule has 1 saturated heterocycles. The lowest BCUT2D eigenvalue weighted by molar-refractivity contribution is -0.192. The fourth-order valence-corrected chi connectivity index (χ4v) is 3.24. The molecular weight excluding hydrogens is 460 g/mol. The van der Waals surface area contributed by atoms with Gasteiger partial charge in [0.2, 0.25) is 0 Å². The summed E-state index contributed by atoms with van der Waals surface area (Å²) in [6, 6.07) is 7.47. The number of rotatable bonds is 2. The number of benzene rings is 1. The molecule has 0 radical (unpaired) electrons. The van der Waals surface area contributed by atoms with E-state index in [-0.39, 0.29) is 18.0 Å². The van der Waals surface area contributed by atoms with Crippen LogP contribution in [0.1, 0.15) is 24.3 Å². The third-order valence-electron chi connectivity index (χ3n) is 4.19. The second-order valence-corrected chi connectivity index (χ2v) is 7.71. The second kappa shape index (κ2) is 10.3. The van der Waals surface area contributed by atoms with Gasteiger partial charge in [-0.1, -0.05) is 29.3 Å². The van der Waals surface area contributed by atoms with Gasteiger partial charge in [-0.05, 0) is 32.0 Å². The molecule has 31 heavy (non-hydrogen) atoms. The number of piperazine rings is 1. The van der Waals surface area contributed by atoms with Gasteiger partial charge in [0.1, 0.15) is 12.0 Å². The lowest BCUT2D eigenvalue weighted by atomic mass is 10.1. The molecule has 1 aliphatic rings. The number of carbonyl (C=O) groups excluding carboxylic acids is 1. The van der Waals surface area contributed by atoms with Crippen LogP contribution in [0.3, 0.4) is 0 Å². The Labute approximate surface area is 186 Å². The maximum atomic E-state index is 12.8. The first-order valence-electron chi connectivity index (χ1n) is 9.01. The van der Waals surface area contributed by atoms with E-state index in [2.05, 4.69) is 29.1 Å². The number of aromatic nitrogens is 2. The van der Waals surface area contributed by atoms with E-state index in [9.17, 15) is 18.0 Å². The number of carboxylic acid groups (broad SMARTS) is 1. The monoisotopic (exact) mass is 478 g/mol. The van der Waals surface area contributed by atoms with Crippen molar-refractivity contribution < 1.29 is 27.9 Å². The van der Waals surface area contributed by atoms with Crippen LogP contribution in [-0.4, -0.2) is 63.2 Å². The van der Waals surface area contributed by atoms with Gasteiger partial charge in [0, 0.05) is 30.7 Å². The van der Waals surface area contributed by atoms with Crippen LogP contribution in [-0.2, 0) is 4.79 Å². The minimum absolute atomic E-state index is 0.0843. The SMILES string of the molecule is C[C@@H]1CN(C(=O)c2cc(-c3ccc(Cl)c(Cl)c3)ncn2)C[C@H](C)N1.O=C(O)C(F)(F)F. The molecule has 1 aromatic carbocycles. The zero-order valence-electron chi connectivity index (χ0n) is 16.5. The summed E-state index contributed by atoms with van der Waals surface area (Å²) in [5, 5.41) is 11.5. The average molecular weight is 479 g/mol. The molecule has 12 heteroatoms. The van der Waals surface area contributed by atoms with E-state index < -0.39 is 12.1 Å². The van der Waals surface area contributed by atoms with Crippen molar-refractivity contribution in [2.75, 3.05) is 13.1 Å². The average Bonchev–Trinajstić information content (AvgIpc) is 2.68. The lowest BCUT2D eigenvalue weighted by Crippen LogP contribution is -2.55. The number of alkyl halides is 3. The predicted octanol–water partition coefficient (Wildman–Crippen LogP) is 3.91. The van der Waals surface area contributed by atoms with Gasteiger partial charge in [-0.25, -0.2) is 14.8 Å². The van der Waals surface area contributed by atoms with E-state index >= 15 is 0 Å². The van der Waals surface area contributed by atoms with E-state index in [0.29, 0.717) is 34.5 Å². The maximum absolute atomic E-state index is 12.8. The molecule has 3 rings (SSSR count). The van der Waals surface area contributed by atoms with Gasteiger partial charge in [0.25, 0.3) is 5.91 Å². The quantitative estimate of drug-likeness (QED) is 0.679. The molecular formula is C19H19Cl2F3N4O3. The smallest absolute Gasteiger partial charge is 0.475 e. The van der Waals surface area contributed by atoms with Crippen LogP contribution in [0.25, 0.3) is 11.3 Å². The summed E-state index contributed by atoms with van der Waals surface area (Å²) < 4.78 is 31.7. The van der Waals surface area contributed by atoms with Gasteiger partial charge >= 0.3 is 12.1 Å². The molecule has 1 amide bonds. The highest BCUT2D eigenvalue weighted by atomic mass is 35.5. The van der Waals surface area contributed by atoms with Gasteiger partial charge in [0.15, 0.2) is 0 Å². The number of nitrogens with zero attached hydrogens (tertiary/aromatic N) is 3. The van der Waals surface area contributed by atoms with Gasteiger partial charge in [-0.15, -0.1) is 0 Å². The molecule has 1 aliphatic heterocycles. The second-order valence-electron chi connectivity index (χ2n) is 6.90. The molecule has 0 spiro atoms. The van der Waals surface area contributed by atoms with Crippen LogP contribution in [0, 0.1) is 0 Å². The number of nitrogens with one attached hydrogen (secondary N) is 1. The van der Waals surface area contributed by atoms with Gasteiger partial charge < -0.3 is 15.3 Å². The number of hydrogen-bond donors (Lipinski definition) is 2. The van der Waals surface area contributed by atoms with Crippen molar-refractivity contribution in [2.45, 2.75) is 32.1 Å². The van der Waals surface area contributed by atoms with E-state index in [0.717, 1.165) is 5.56 Å². The minimum Gasteiger partial charge on any atom is -0.475 e. The molecule has 2 aromatic rings. The van der Waals surface area contributed by atoms with Crippen LogP contribution < -0.4 is 5.32 Å². The third-order valence-corrected chi connectivity index (χ3v) is 4.93. The van der Waals surface area contributed by atoms with Crippen molar-refractivity contribution in [3.05, 3.63) is 46.3 Å². The molecule has 0 saturated carbocycles. The van der Waals surface area contributed by atoms with Crippen molar-refractivity contribution in [3.63, 3.8) is 0 Å². The summed E-state index contributed by atoms with van der Waals surface area (Å²) in [5.41, 5.74) is 1.82. The van der Waals surface area contributed by atoms with E-state index in [1.54, 1.807) is 18.2 Å². The summed E-state index contributed by atoms with van der Waals surface area (Å²) in [6.45, 7) is 5.46. The summed E-state index contributed by atoms with van der Waals surface area (Å²) in [6.07, 6.45) is -3.68. The molecule has 1 aromatic heterocycles. The number of hydrogen-bond acceptors (Lipinski definition) is 5. The standard InChI is InChI=1S/C17H18Cl2N4O.C2HF3O2/c1-10-7-23(8-11(2)22-10)17(24)16-6-15(20-9-21-16)12-3-4-13(18)14(19)5-12;3-2(4,5)1(6)7/h3-6,9-11,22H,7-8H2,1-2H3;(H,6,7)/t10-,11+;. The highest BCUT2D eigenvalue weighted by Crippen LogP contribution is 2.27. The van der Waals surface area contributed by atoms with Gasteiger partial charge in [-0.2, -0.15) is 13.2 Å². The highest BCUT2D eigenvalue weighted by Gasteiger charge is 2.38. The van der Waals surface area contributed by atoms with Crippen LogP contribution in [0.4, 0.5) is 13.2 Å². The van der Waals surface area contributed by atoms with Gasteiger partial charge in [-0.3, -0.25) is 4.79 Å². The van der Waals surface area contributed by atoms with Crippen LogP contribution in [0.2, 0.25) is 10.0 Å². The zero-order chi connectivity index (χ0) is 23.3. The summed E-state index contributed by atoms with van der Waals surface area (Å²) >= 11 is 12.0. The largest absolute Gasteiger partial charge is 0.490 e. The zero-order valence-corrected chi connectivity index (χ0v) is 18.0. The Morgan fingerprint density at radius 3 is 2.19 bits per heavy atom. The summed E-state index contributed by atoms with van der Waals surface area (Å²) in [7, 11) is 0. The molecule has 2 heterocycles. The Kier molecular flexibility index (Phi) is 8.21. The number of carbonyl (C=O) groups is 2. The van der Waals surface area contributed by atoms with Crippen molar-refractivity contribution in [3.8, 4) is 11.3 Å². The first kappa shape index (κ1) is 24.8. The topological polar surface area (TPSA) is 95.4 Å². The van der Waals surface area contributed by atoms with Crippen molar-refractivity contribution in [1.29, 1.82) is 0 Å². The van der Waals surface area contributed by atoms with Crippen molar-refractivity contribution in [1.82, 2.24) is 20.2 Å². The highest BCUT2D eigenvalue weighted by molar-refractivity contribution is 6.42. The Morgan fingerprint density at radius 2 is 1.68 bits per heavy atom. The molecule has 1 fully saturated rings. The summed E-state index contributed by atoms with van der Waals surface area (Å²) in [4.78, 5) is 31.9. The lowest BCUT2D eigenvalue weighted by Gasteiger charge is -2.35. The number of halogens is 5. The number of carboxylic acids is 1. The molecule has 0 bridgehead atoms. The third kappa shape index (κ3) is 7.05. The van der Waals surface area contributed by atoms with Crippen LogP contribution in [0.15, 0.2) is 30.6 Å².